The highest BCUT2D eigenvalue weighted by Crippen LogP contribution is 1.94. The van der Waals surface area contributed by atoms with E-state index in [-0.39, 0.29) is 0 Å². The van der Waals surface area contributed by atoms with E-state index in [0.717, 1.165) is 32.6 Å². The van der Waals surface area contributed by atoms with E-state index in [0.29, 0.717) is 12.0 Å². The van der Waals surface area contributed by atoms with Crippen LogP contribution in [-0.4, -0.2) is 43.1 Å². The predicted molar refractivity (Wildman–Crippen MR) is 67.2 cm³/mol. The monoisotopic (exact) mass is 214 g/mol. The summed E-state index contributed by atoms with van der Waals surface area (Å²) < 4.78 is 0. The number of hydrogen-bond acceptors (Lipinski definition) is 2. The Bertz CT molecular complexity index is 177. The number of guanidine groups is 1. The number of nitrogens with two attached hydrogens (primary N) is 1. The summed E-state index contributed by atoms with van der Waals surface area (Å²) >= 11 is 0. The van der Waals surface area contributed by atoms with Crippen LogP contribution in [-0.2, 0) is 0 Å². The standard InChI is InChI=1S/C11H26N4/c1-5-7-13-11(12)14-8-9-15(6-2)10(3)4/h10H,5-9H2,1-4H3,(H3,12,13,14). The van der Waals surface area contributed by atoms with Gasteiger partial charge in [0.05, 0.1) is 0 Å². The molecule has 3 N–H and O–H groups in total. The number of rotatable bonds is 7. The summed E-state index contributed by atoms with van der Waals surface area (Å²) in [5.41, 5.74) is 5.68. The van der Waals surface area contributed by atoms with Crippen molar-refractivity contribution >= 4 is 5.96 Å². The Morgan fingerprint density at radius 3 is 2.53 bits per heavy atom. The van der Waals surface area contributed by atoms with Crippen LogP contribution < -0.4 is 11.1 Å². The van der Waals surface area contributed by atoms with Crippen LogP contribution in [0.2, 0.25) is 0 Å². The Morgan fingerprint density at radius 2 is 2.07 bits per heavy atom. The Balaban J connectivity index is 3.67. The Morgan fingerprint density at radius 1 is 1.40 bits per heavy atom. The highest BCUT2D eigenvalue weighted by Gasteiger charge is 2.05. The molecule has 0 spiro atoms. The lowest BCUT2D eigenvalue weighted by Gasteiger charge is -2.24. The van der Waals surface area contributed by atoms with Gasteiger partial charge in [-0.2, -0.15) is 0 Å². The molecule has 0 aromatic carbocycles. The lowest BCUT2D eigenvalue weighted by atomic mass is 10.3. The third-order valence-electron chi connectivity index (χ3n) is 2.35. The molecule has 0 radical (unpaired) electrons. The van der Waals surface area contributed by atoms with Gasteiger partial charge < -0.3 is 11.1 Å². The number of hydrogen-bond donors (Lipinski definition) is 2. The molecule has 0 aliphatic heterocycles. The van der Waals surface area contributed by atoms with Gasteiger partial charge in [-0.1, -0.05) is 13.8 Å². The zero-order valence-electron chi connectivity index (χ0n) is 10.6. The zero-order chi connectivity index (χ0) is 11.7. The molecule has 0 aromatic heterocycles. The SMILES string of the molecule is CCCN=C(N)NCCN(CC)C(C)C. The van der Waals surface area contributed by atoms with Crippen molar-refractivity contribution < 1.29 is 0 Å². The molecule has 0 unspecified atom stereocenters. The first kappa shape index (κ1) is 14.2. The van der Waals surface area contributed by atoms with Crippen molar-refractivity contribution in [1.82, 2.24) is 10.2 Å². The fraction of sp³-hybridized carbons (Fsp3) is 0.909. The van der Waals surface area contributed by atoms with Crippen LogP contribution in [0.25, 0.3) is 0 Å². The number of nitrogens with one attached hydrogen (secondary N) is 1. The quantitative estimate of drug-likeness (QED) is 0.491. The molecule has 0 aliphatic carbocycles. The van der Waals surface area contributed by atoms with Gasteiger partial charge in [-0.3, -0.25) is 9.89 Å². The van der Waals surface area contributed by atoms with Gasteiger partial charge in [0.25, 0.3) is 0 Å². The van der Waals surface area contributed by atoms with Crippen LogP contribution in [0, 0.1) is 0 Å². The van der Waals surface area contributed by atoms with Crippen LogP contribution in [0.4, 0.5) is 0 Å². The van der Waals surface area contributed by atoms with Crippen molar-refractivity contribution in [3.63, 3.8) is 0 Å². The molecule has 0 bridgehead atoms. The van der Waals surface area contributed by atoms with Crippen LogP contribution in [0.1, 0.15) is 34.1 Å². The smallest absolute Gasteiger partial charge is 0.188 e. The fourth-order valence-corrected chi connectivity index (χ4v) is 1.40. The van der Waals surface area contributed by atoms with Gasteiger partial charge in [0.15, 0.2) is 5.96 Å². The molecule has 0 rings (SSSR count). The molecule has 15 heavy (non-hydrogen) atoms. The summed E-state index contributed by atoms with van der Waals surface area (Å²) in [6.45, 7) is 12.4. The fourth-order valence-electron chi connectivity index (χ4n) is 1.40. The molecule has 0 heterocycles. The lowest BCUT2D eigenvalue weighted by Crippen LogP contribution is -2.41. The van der Waals surface area contributed by atoms with Gasteiger partial charge in [-0.25, -0.2) is 0 Å². The Labute approximate surface area is 93.9 Å². The lowest BCUT2D eigenvalue weighted by molar-refractivity contribution is 0.237. The van der Waals surface area contributed by atoms with E-state index in [1.165, 1.54) is 0 Å². The van der Waals surface area contributed by atoms with Gasteiger partial charge >= 0.3 is 0 Å². The summed E-state index contributed by atoms with van der Waals surface area (Å²) in [4.78, 5) is 6.56. The van der Waals surface area contributed by atoms with Crippen molar-refractivity contribution in [1.29, 1.82) is 0 Å². The summed E-state index contributed by atoms with van der Waals surface area (Å²) in [5.74, 6) is 0.566. The highest BCUT2D eigenvalue weighted by molar-refractivity contribution is 5.77. The molecule has 0 aliphatic rings. The van der Waals surface area contributed by atoms with Crippen molar-refractivity contribution in [2.24, 2.45) is 10.7 Å². The van der Waals surface area contributed by atoms with E-state index < -0.39 is 0 Å². The maximum atomic E-state index is 5.68. The predicted octanol–water partition coefficient (Wildman–Crippen LogP) is 1.03. The first-order valence-electron chi connectivity index (χ1n) is 5.89. The molecular weight excluding hydrogens is 188 g/mol. The van der Waals surface area contributed by atoms with Gasteiger partial charge in [0.2, 0.25) is 0 Å². The molecule has 0 fully saturated rings. The third-order valence-corrected chi connectivity index (χ3v) is 2.35. The van der Waals surface area contributed by atoms with E-state index >= 15 is 0 Å². The molecule has 0 saturated carbocycles. The zero-order valence-corrected chi connectivity index (χ0v) is 10.6. The minimum absolute atomic E-state index is 0.566. The first-order chi connectivity index (χ1) is 7.11. The Hall–Kier alpha value is -0.770. The largest absolute Gasteiger partial charge is 0.370 e. The maximum Gasteiger partial charge on any atom is 0.188 e. The minimum atomic E-state index is 0.566. The van der Waals surface area contributed by atoms with Crippen LogP contribution in [0.3, 0.4) is 0 Å². The van der Waals surface area contributed by atoms with E-state index in [2.05, 4.69) is 42.9 Å². The van der Waals surface area contributed by atoms with Crippen LogP contribution in [0.15, 0.2) is 4.99 Å². The molecule has 4 heteroatoms. The molecule has 90 valence electrons. The summed E-state index contributed by atoms with van der Waals surface area (Å²) in [5, 5.41) is 3.12. The molecular formula is C11H26N4. The summed E-state index contributed by atoms with van der Waals surface area (Å²) in [6, 6.07) is 0.589. The van der Waals surface area contributed by atoms with Crippen molar-refractivity contribution in [2.45, 2.75) is 40.2 Å². The summed E-state index contributed by atoms with van der Waals surface area (Å²) in [7, 11) is 0. The second-order valence-electron chi connectivity index (χ2n) is 3.92. The average Bonchev–Trinajstić information content (AvgIpc) is 2.20. The number of nitrogens with zero attached hydrogens (tertiary/aromatic N) is 2. The summed E-state index contributed by atoms with van der Waals surface area (Å²) in [6.07, 6.45) is 1.04. The van der Waals surface area contributed by atoms with E-state index in [9.17, 15) is 0 Å². The number of aliphatic imine (C=N–C) groups is 1. The van der Waals surface area contributed by atoms with Crippen molar-refractivity contribution in [3.05, 3.63) is 0 Å². The van der Waals surface area contributed by atoms with Gasteiger partial charge in [0, 0.05) is 25.7 Å². The number of likely N-dealkylation sites (N-methyl/N-ethyl adjacent to an activating group) is 1. The van der Waals surface area contributed by atoms with Crippen LogP contribution >= 0.6 is 0 Å². The van der Waals surface area contributed by atoms with E-state index in [4.69, 9.17) is 5.73 Å². The van der Waals surface area contributed by atoms with Crippen molar-refractivity contribution in [3.8, 4) is 0 Å². The van der Waals surface area contributed by atoms with Gasteiger partial charge in [0.1, 0.15) is 0 Å². The first-order valence-corrected chi connectivity index (χ1v) is 5.89. The third kappa shape index (κ3) is 7.19. The normalized spacial score (nSPS) is 12.5. The second kappa shape index (κ2) is 8.53. The van der Waals surface area contributed by atoms with Gasteiger partial charge in [-0.05, 0) is 26.8 Å². The molecule has 0 amide bonds. The topological polar surface area (TPSA) is 53.6 Å². The minimum Gasteiger partial charge on any atom is -0.370 e. The molecule has 0 saturated heterocycles. The van der Waals surface area contributed by atoms with Crippen molar-refractivity contribution in [2.75, 3.05) is 26.2 Å². The average molecular weight is 214 g/mol. The molecule has 0 atom stereocenters. The van der Waals surface area contributed by atoms with Gasteiger partial charge in [-0.15, -0.1) is 0 Å². The van der Waals surface area contributed by atoms with E-state index in [1.54, 1.807) is 0 Å². The maximum absolute atomic E-state index is 5.68. The molecule has 0 aromatic rings. The van der Waals surface area contributed by atoms with E-state index in [1.807, 2.05) is 0 Å². The van der Waals surface area contributed by atoms with Crippen LogP contribution in [0.5, 0.6) is 0 Å². The second-order valence-corrected chi connectivity index (χ2v) is 3.92. The Kier molecular flexibility index (Phi) is 8.09. The highest BCUT2D eigenvalue weighted by atomic mass is 15.2. The molecule has 4 nitrogen and oxygen atoms in total.